The zero-order valence-electron chi connectivity index (χ0n) is 66.1. The van der Waals surface area contributed by atoms with Gasteiger partial charge in [0.05, 0.1) is 26.4 Å². The Bertz CT molecular complexity index is 1930. The second kappa shape index (κ2) is 74.9. The summed E-state index contributed by atoms with van der Waals surface area (Å²) in [5, 5.41) is 10.6. The van der Waals surface area contributed by atoms with Gasteiger partial charge in [0.15, 0.2) is 12.2 Å². The Labute approximate surface area is 619 Å². The van der Waals surface area contributed by atoms with Crippen molar-refractivity contribution in [2.24, 2.45) is 5.92 Å². The van der Waals surface area contributed by atoms with Crippen LogP contribution in [0, 0.1) is 5.92 Å². The van der Waals surface area contributed by atoms with E-state index in [-0.39, 0.29) is 25.7 Å². The van der Waals surface area contributed by atoms with Gasteiger partial charge in [-0.1, -0.05) is 388 Å². The van der Waals surface area contributed by atoms with Gasteiger partial charge in [-0.15, -0.1) is 0 Å². The average Bonchev–Trinajstić information content (AvgIpc) is 0.987. The third-order valence-electron chi connectivity index (χ3n) is 19.6. The van der Waals surface area contributed by atoms with E-state index in [0.29, 0.717) is 25.7 Å². The van der Waals surface area contributed by atoms with E-state index < -0.39 is 97.5 Å². The maximum absolute atomic E-state index is 13.1. The predicted molar refractivity (Wildman–Crippen MR) is 414 cm³/mol. The molecule has 0 fully saturated rings. The van der Waals surface area contributed by atoms with Gasteiger partial charge in [-0.3, -0.25) is 37.3 Å². The molecule has 0 bridgehead atoms. The number of aliphatic hydroxyl groups excluding tert-OH is 1. The Morgan fingerprint density at radius 1 is 0.277 bits per heavy atom. The molecule has 0 saturated heterocycles. The molecule has 0 aliphatic carbocycles. The highest BCUT2D eigenvalue weighted by Crippen LogP contribution is 2.45. The zero-order valence-corrected chi connectivity index (χ0v) is 67.8. The van der Waals surface area contributed by atoms with Gasteiger partial charge >= 0.3 is 39.5 Å². The number of carbonyl (C=O) groups is 4. The lowest BCUT2D eigenvalue weighted by atomic mass is 9.99. The molecule has 0 heterocycles. The average molecular weight is 1480 g/mol. The summed E-state index contributed by atoms with van der Waals surface area (Å²) < 4.78 is 68.7. The number of phosphoric ester groups is 2. The molecule has 0 aromatic heterocycles. The van der Waals surface area contributed by atoms with E-state index in [1.807, 2.05) is 0 Å². The van der Waals surface area contributed by atoms with Gasteiger partial charge in [0, 0.05) is 25.7 Å². The van der Waals surface area contributed by atoms with Crippen molar-refractivity contribution in [2.45, 2.75) is 457 Å². The summed E-state index contributed by atoms with van der Waals surface area (Å²) >= 11 is 0. The second-order valence-electron chi connectivity index (χ2n) is 29.8. The number of carbonyl (C=O) groups excluding carboxylic acids is 4. The topological polar surface area (TPSA) is 237 Å². The van der Waals surface area contributed by atoms with Crippen LogP contribution in [0.25, 0.3) is 0 Å². The fraction of sp³-hybridized carbons (Fsp3) is 0.951. The molecule has 6 atom stereocenters. The van der Waals surface area contributed by atoms with Crippen molar-refractivity contribution in [3.05, 3.63) is 0 Å². The summed E-state index contributed by atoms with van der Waals surface area (Å²) in [5.74, 6) is -1.31. The Balaban J connectivity index is 5.19. The highest BCUT2D eigenvalue weighted by atomic mass is 31.2. The molecule has 0 aliphatic heterocycles. The maximum atomic E-state index is 13.1. The van der Waals surface area contributed by atoms with Crippen LogP contribution in [0.15, 0.2) is 0 Å². The van der Waals surface area contributed by atoms with Gasteiger partial charge in [0.2, 0.25) is 0 Å². The quantitative estimate of drug-likeness (QED) is 0.0222. The fourth-order valence-electron chi connectivity index (χ4n) is 12.7. The van der Waals surface area contributed by atoms with E-state index in [9.17, 15) is 43.2 Å². The Morgan fingerprint density at radius 2 is 0.475 bits per heavy atom. The number of esters is 4. The van der Waals surface area contributed by atoms with E-state index in [4.69, 9.17) is 37.0 Å². The molecule has 101 heavy (non-hydrogen) atoms. The van der Waals surface area contributed by atoms with Crippen molar-refractivity contribution in [1.29, 1.82) is 0 Å². The monoisotopic (exact) mass is 1480 g/mol. The van der Waals surface area contributed by atoms with Crippen molar-refractivity contribution in [1.82, 2.24) is 0 Å². The first-order chi connectivity index (χ1) is 49.1. The molecule has 0 radical (unpaired) electrons. The van der Waals surface area contributed by atoms with Crippen molar-refractivity contribution in [3.63, 3.8) is 0 Å². The molecule has 0 amide bonds. The van der Waals surface area contributed by atoms with Gasteiger partial charge < -0.3 is 33.8 Å². The van der Waals surface area contributed by atoms with Crippen LogP contribution in [-0.4, -0.2) is 96.7 Å². The van der Waals surface area contributed by atoms with Crippen LogP contribution >= 0.6 is 15.6 Å². The molecule has 0 aromatic carbocycles. The first-order valence-electron chi connectivity index (χ1n) is 42.7. The number of hydrogen-bond donors (Lipinski definition) is 3. The number of rotatable bonds is 82. The van der Waals surface area contributed by atoms with Crippen molar-refractivity contribution in [3.8, 4) is 0 Å². The van der Waals surface area contributed by atoms with E-state index >= 15 is 0 Å². The highest BCUT2D eigenvalue weighted by Gasteiger charge is 2.30. The van der Waals surface area contributed by atoms with E-state index in [1.165, 1.54) is 257 Å². The van der Waals surface area contributed by atoms with Crippen LogP contribution in [-0.2, 0) is 65.4 Å². The first kappa shape index (κ1) is 99.1. The van der Waals surface area contributed by atoms with Gasteiger partial charge in [-0.25, -0.2) is 9.13 Å². The minimum absolute atomic E-state index is 0.107. The summed E-state index contributed by atoms with van der Waals surface area (Å²) in [6.45, 7) is 7.33. The largest absolute Gasteiger partial charge is 0.472 e. The lowest BCUT2D eigenvalue weighted by molar-refractivity contribution is -0.161. The zero-order chi connectivity index (χ0) is 74.1. The SMILES string of the molecule is CCCCCCCCCCCCCCCCCCCCCCC(=O)O[C@H](COC(=O)CCCCCCCCCCCCCCCCCCCCC)COP(=O)(O)OC[C@@H](O)COP(=O)(O)OC[C@@H](COC(=O)CCCCCCCCCC)OC(=O)CCCCCCCCCCCCC(C)CC. The first-order valence-corrected chi connectivity index (χ1v) is 45.7. The fourth-order valence-corrected chi connectivity index (χ4v) is 14.3. The number of phosphoric acid groups is 2. The number of unbranched alkanes of at least 4 members (excludes halogenated alkanes) is 53. The summed E-state index contributed by atoms with van der Waals surface area (Å²) in [4.78, 5) is 73.0. The number of aliphatic hydroxyl groups is 1. The van der Waals surface area contributed by atoms with E-state index in [0.717, 1.165) is 102 Å². The number of hydrogen-bond acceptors (Lipinski definition) is 15. The maximum Gasteiger partial charge on any atom is 0.472 e. The molecule has 600 valence electrons. The third kappa shape index (κ3) is 74.7. The van der Waals surface area contributed by atoms with Gasteiger partial charge in [-0.05, 0) is 31.6 Å². The third-order valence-corrected chi connectivity index (χ3v) is 21.5. The van der Waals surface area contributed by atoms with Crippen molar-refractivity contribution in [2.75, 3.05) is 39.6 Å². The Kier molecular flexibility index (Phi) is 73.5. The second-order valence-corrected chi connectivity index (χ2v) is 32.7. The van der Waals surface area contributed by atoms with Gasteiger partial charge in [0.25, 0.3) is 0 Å². The lowest BCUT2D eigenvalue weighted by Crippen LogP contribution is -2.30. The molecular weight excluding hydrogens is 1320 g/mol. The summed E-state index contributed by atoms with van der Waals surface area (Å²) in [6, 6.07) is 0. The van der Waals surface area contributed by atoms with Crippen LogP contribution < -0.4 is 0 Å². The van der Waals surface area contributed by atoms with Crippen LogP contribution in [0.5, 0.6) is 0 Å². The Hall–Kier alpha value is -1.94. The van der Waals surface area contributed by atoms with Crippen LogP contribution in [0.2, 0.25) is 0 Å². The summed E-state index contributed by atoms with van der Waals surface area (Å²) in [5.41, 5.74) is 0. The highest BCUT2D eigenvalue weighted by molar-refractivity contribution is 7.47. The predicted octanol–water partition coefficient (Wildman–Crippen LogP) is 24.8. The molecule has 0 aromatic rings. The minimum Gasteiger partial charge on any atom is -0.462 e. The van der Waals surface area contributed by atoms with Crippen LogP contribution in [0.1, 0.15) is 439 Å². The Morgan fingerprint density at radius 3 is 0.703 bits per heavy atom. The smallest absolute Gasteiger partial charge is 0.462 e. The molecule has 3 N–H and O–H groups in total. The minimum atomic E-state index is -4.96. The molecule has 19 heteroatoms. The summed E-state index contributed by atoms with van der Waals surface area (Å²) in [7, 11) is -9.92. The molecular formula is C82H160O17P2. The normalized spacial score (nSPS) is 14.1. The van der Waals surface area contributed by atoms with Gasteiger partial charge in [-0.2, -0.15) is 0 Å². The molecule has 17 nitrogen and oxygen atoms in total. The summed E-state index contributed by atoms with van der Waals surface area (Å²) in [6.07, 6.45) is 66.7. The molecule has 0 spiro atoms. The molecule has 0 saturated carbocycles. The van der Waals surface area contributed by atoms with Gasteiger partial charge in [0.1, 0.15) is 19.3 Å². The molecule has 3 unspecified atom stereocenters. The standard InChI is InChI=1S/C82H160O17P2/c1-6-10-13-16-19-22-24-26-28-30-32-34-36-38-40-42-47-52-57-62-67-81(86)99-78(72-93-80(85)66-61-56-51-46-41-39-37-35-33-31-29-27-25-23-20-17-14-11-7-2)74-97-101(90,91)95-70-76(83)69-94-100(88,89)96-73-77(71-92-79(84)65-60-55-50-21-18-15-12-8-3)98-82(87)68-63-58-53-48-44-43-45-49-54-59-64-75(5)9-4/h75-78,83H,6-74H2,1-5H3,(H,88,89)(H,90,91)/t75?,76-,77+,78+/m0/s1. The van der Waals surface area contributed by atoms with Crippen molar-refractivity contribution < 1.29 is 80.2 Å². The number of ether oxygens (including phenoxy) is 4. The van der Waals surface area contributed by atoms with Crippen molar-refractivity contribution >= 4 is 39.5 Å². The molecule has 0 rings (SSSR count). The molecule has 0 aliphatic rings. The lowest BCUT2D eigenvalue weighted by Gasteiger charge is -2.21. The van der Waals surface area contributed by atoms with E-state index in [1.54, 1.807) is 0 Å². The van der Waals surface area contributed by atoms with Crippen LogP contribution in [0.4, 0.5) is 0 Å². The van der Waals surface area contributed by atoms with Crippen LogP contribution in [0.3, 0.4) is 0 Å². The van der Waals surface area contributed by atoms with E-state index in [2.05, 4.69) is 34.6 Å².